The van der Waals surface area contributed by atoms with Gasteiger partial charge in [0.15, 0.2) is 0 Å². The molecule has 0 saturated heterocycles. The molecule has 0 saturated carbocycles. The van der Waals surface area contributed by atoms with Crippen LogP contribution >= 0.6 is 0 Å². The lowest BCUT2D eigenvalue weighted by Crippen LogP contribution is -2.22. The maximum Gasteiger partial charge on any atom is 0.143 e. The molecule has 1 unspecified atom stereocenters. The molecular formula is C13H15N5O. The number of tetrazole rings is 1. The molecular weight excluding hydrogens is 242 g/mol. The van der Waals surface area contributed by atoms with Crippen LogP contribution < -0.4 is 5.32 Å². The molecule has 2 aromatic rings. The Hall–Kier alpha value is -2.37. The van der Waals surface area contributed by atoms with Gasteiger partial charge in [-0.3, -0.25) is 0 Å². The monoisotopic (exact) mass is 257 g/mol. The zero-order valence-electron chi connectivity index (χ0n) is 10.4. The van der Waals surface area contributed by atoms with Crippen LogP contribution in [-0.4, -0.2) is 32.9 Å². The smallest absolute Gasteiger partial charge is 0.143 e. The molecule has 0 amide bonds. The fraction of sp³-hybridized carbons (Fsp3) is 0.308. The summed E-state index contributed by atoms with van der Waals surface area (Å²) in [7, 11) is 0. The van der Waals surface area contributed by atoms with E-state index in [1.807, 2.05) is 24.3 Å². The van der Waals surface area contributed by atoms with Crippen LogP contribution in [0.1, 0.15) is 12.8 Å². The van der Waals surface area contributed by atoms with Gasteiger partial charge in [-0.05, 0) is 47.5 Å². The molecule has 1 aliphatic rings. The molecule has 2 heterocycles. The SMILES string of the molecule is C1=COC(CNc2cccc(-n3cnnn3)c2)CC1. The summed E-state index contributed by atoms with van der Waals surface area (Å²) in [6, 6.07) is 7.96. The number of nitrogens with one attached hydrogen (secondary N) is 1. The van der Waals surface area contributed by atoms with Gasteiger partial charge in [-0.2, -0.15) is 0 Å². The van der Waals surface area contributed by atoms with Crippen molar-refractivity contribution < 1.29 is 4.74 Å². The van der Waals surface area contributed by atoms with E-state index in [0.29, 0.717) is 0 Å². The number of nitrogens with zero attached hydrogens (tertiary/aromatic N) is 4. The first-order valence-electron chi connectivity index (χ1n) is 6.29. The minimum atomic E-state index is 0.238. The summed E-state index contributed by atoms with van der Waals surface area (Å²) in [5.74, 6) is 0. The standard InChI is InChI=1S/C13H15N5O/c1-2-7-19-13(6-1)9-14-11-4-3-5-12(8-11)18-10-15-16-17-18/h2-5,7-8,10,13-14H,1,6,9H2. The largest absolute Gasteiger partial charge is 0.497 e. The van der Waals surface area contributed by atoms with Gasteiger partial charge >= 0.3 is 0 Å². The van der Waals surface area contributed by atoms with Crippen LogP contribution in [0.25, 0.3) is 5.69 Å². The number of hydrogen-bond donors (Lipinski definition) is 1. The average molecular weight is 257 g/mol. The van der Waals surface area contributed by atoms with Gasteiger partial charge in [-0.25, -0.2) is 4.68 Å². The highest BCUT2D eigenvalue weighted by molar-refractivity contribution is 5.50. The second-order valence-corrected chi connectivity index (χ2v) is 4.39. The molecule has 0 radical (unpaired) electrons. The predicted octanol–water partition coefficient (Wildman–Crippen LogP) is 1.77. The van der Waals surface area contributed by atoms with Crippen molar-refractivity contribution in [1.29, 1.82) is 0 Å². The van der Waals surface area contributed by atoms with Crippen LogP contribution in [0.3, 0.4) is 0 Å². The maximum absolute atomic E-state index is 5.52. The van der Waals surface area contributed by atoms with Crippen molar-refractivity contribution in [2.45, 2.75) is 18.9 Å². The van der Waals surface area contributed by atoms with E-state index in [-0.39, 0.29) is 6.10 Å². The third kappa shape index (κ3) is 2.90. The number of benzene rings is 1. The molecule has 6 nitrogen and oxygen atoms in total. The molecule has 0 fully saturated rings. The number of aromatic nitrogens is 4. The van der Waals surface area contributed by atoms with E-state index >= 15 is 0 Å². The second kappa shape index (κ2) is 5.51. The summed E-state index contributed by atoms with van der Waals surface area (Å²) in [6.45, 7) is 0.795. The van der Waals surface area contributed by atoms with Crippen molar-refractivity contribution >= 4 is 5.69 Å². The number of ether oxygens (including phenoxy) is 1. The quantitative estimate of drug-likeness (QED) is 0.904. The van der Waals surface area contributed by atoms with E-state index in [4.69, 9.17) is 4.74 Å². The summed E-state index contributed by atoms with van der Waals surface area (Å²) in [6.07, 6.45) is 7.78. The zero-order valence-corrected chi connectivity index (χ0v) is 10.4. The molecule has 0 bridgehead atoms. The molecule has 98 valence electrons. The van der Waals surface area contributed by atoms with Gasteiger partial charge in [0.2, 0.25) is 0 Å². The van der Waals surface area contributed by atoms with E-state index in [1.165, 1.54) is 0 Å². The summed E-state index contributed by atoms with van der Waals surface area (Å²) in [4.78, 5) is 0. The fourth-order valence-corrected chi connectivity index (χ4v) is 2.00. The Morgan fingerprint density at radius 1 is 1.42 bits per heavy atom. The second-order valence-electron chi connectivity index (χ2n) is 4.39. The third-order valence-corrected chi connectivity index (χ3v) is 3.02. The number of hydrogen-bond acceptors (Lipinski definition) is 5. The van der Waals surface area contributed by atoms with E-state index in [2.05, 4.69) is 26.9 Å². The van der Waals surface area contributed by atoms with Crippen LogP contribution in [0.4, 0.5) is 5.69 Å². The van der Waals surface area contributed by atoms with Crippen molar-refractivity contribution in [2.24, 2.45) is 0 Å². The lowest BCUT2D eigenvalue weighted by molar-refractivity contribution is 0.135. The van der Waals surface area contributed by atoms with Crippen LogP contribution in [0.15, 0.2) is 42.9 Å². The van der Waals surface area contributed by atoms with Gasteiger partial charge in [0.1, 0.15) is 12.4 Å². The lowest BCUT2D eigenvalue weighted by atomic mass is 10.1. The topological polar surface area (TPSA) is 64.9 Å². The van der Waals surface area contributed by atoms with Crippen LogP contribution in [0.5, 0.6) is 0 Å². The van der Waals surface area contributed by atoms with Gasteiger partial charge in [0.05, 0.1) is 18.5 Å². The Labute approximate surface area is 111 Å². The molecule has 3 rings (SSSR count). The number of allylic oxidation sites excluding steroid dienone is 1. The van der Waals surface area contributed by atoms with Crippen molar-refractivity contribution in [3.05, 3.63) is 42.9 Å². The normalized spacial score (nSPS) is 18.0. The summed E-state index contributed by atoms with van der Waals surface area (Å²) >= 11 is 0. The highest BCUT2D eigenvalue weighted by Gasteiger charge is 2.10. The van der Waals surface area contributed by atoms with Gasteiger partial charge in [-0.15, -0.1) is 5.10 Å². The Morgan fingerprint density at radius 3 is 3.21 bits per heavy atom. The first-order chi connectivity index (χ1) is 9.42. The summed E-state index contributed by atoms with van der Waals surface area (Å²) < 4.78 is 7.15. The van der Waals surface area contributed by atoms with Gasteiger partial charge in [0, 0.05) is 5.69 Å². The molecule has 0 aliphatic carbocycles. The van der Waals surface area contributed by atoms with Crippen LogP contribution in [0.2, 0.25) is 0 Å². The van der Waals surface area contributed by atoms with E-state index in [9.17, 15) is 0 Å². The number of rotatable bonds is 4. The Bertz CT molecular complexity index is 552. The van der Waals surface area contributed by atoms with Gasteiger partial charge < -0.3 is 10.1 Å². The van der Waals surface area contributed by atoms with Crippen LogP contribution in [0, 0.1) is 0 Å². The van der Waals surface area contributed by atoms with E-state index in [0.717, 1.165) is 30.8 Å². The van der Waals surface area contributed by atoms with E-state index in [1.54, 1.807) is 17.3 Å². The van der Waals surface area contributed by atoms with Gasteiger partial charge in [-0.1, -0.05) is 6.07 Å². The molecule has 1 N–H and O–H groups in total. The molecule has 0 spiro atoms. The molecule has 1 aliphatic heterocycles. The minimum Gasteiger partial charge on any atom is -0.497 e. The van der Waals surface area contributed by atoms with Crippen molar-refractivity contribution in [1.82, 2.24) is 20.2 Å². The number of anilines is 1. The summed E-state index contributed by atoms with van der Waals surface area (Å²) in [5.41, 5.74) is 1.96. The highest BCUT2D eigenvalue weighted by Crippen LogP contribution is 2.15. The lowest BCUT2D eigenvalue weighted by Gasteiger charge is -2.20. The molecule has 6 heteroatoms. The van der Waals surface area contributed by atoms with Crippen LogP contribution in [-0.2, 0) is 4.74 Å². The molecule has 1 aromatic heterocycles. The maximum atomic E-state index is 5.52. The average Bonchev–Trinajstić information content (AvgIpc) is 3.01. The van der Waals surface area contributed by atoms with Crippen molar-refractivity contribution in [3.63, 3.8) is 0 Å². The van der Waals surface area contributed by atoms with Crippen molar-refractivity contribution in [2.75, 3.05) is 11.9 Å². The molecule has 1 atom stereocenters. The van der Waals surface area contributed by atoms with Gasteiger partial charge in [0.25, 0.3) is 0 Å². The zero-order chi connectivity index (χ0) is 12.9. The Kier molecular flexibility index (Phi) is 3.40. The predicted molar refractivity (Wildman–Crippen MR) is 70.9 cm³/mol. The van der Waals surface area contributed by atoms with Crippen molar-refractivity contribution in [3.8, 4) is 5.69 Å². The molecule has 1 aromatic carbocycles. The minimum absolute atomic E-state index is 0.238. The Morgan fingerprint density at radius 2 is 2.42 bits per heavy atom. The first-order valence-corrected chi connectivity index (χ1v) is 6.29. The fourth-order valence-electron chi connectivity index (χ4n) is 2.00. The van der Waals surface area contributed by atoms with E-state index < -0.39 is 0 Å². The first kappa shape index (κ1) is 11.7. The summed E-state index contributed by atoms with van der Waals surface area (Å²) in [5, 5.41) is 14.5. The highest BCUT2D eigenvalue weighted by atomic mass is 16.5. The molecule has 19 heavy (non-hydrogen) atoms. The third-order valence-electron chi connectivity index (χ3n) is 3.02. The Balaban J connectivity index is 1.65.